The van der Waals surface area contributed by atoms with Gasteiger partial charge in [0.1, 0.15) is 24.2 Å². The van der Waals surface area contributed by atoms with Gasteiger partial charge in [-0.2, -0.15) is 0 Å². The highest BCUT2D eigenvalue weighted by atomic mass is 16.6. The first-order valence-electron chi connectivity index (χ1n) is 10.1. The van der Waals surface area contributed by atoms with Crippen LogP contribution in [0.3, 0.4) is 0 Å². The summed E-state index contributed by atoms with van der Waals surface area (Å²) in [4.78, 5) is 11.7. The van der Waals surface area contributed by atoms with Crippen molar-refractivity contribution in [2.24, 2.45) is 5.92 Å². The quantitative estimate of drug-likeness (QED) is 0.546. The number of alkyl carbamates (subject to hydrolysis) is 1. The van der Waals surface area contributed by atoms with Crippen LogP contribution in [-0.2, 0) is 4.74 Å². The molecule has 1 aromatic rings. The monoisotopic (exact) mass is 379 g/mol. The maximum absolute atomic E-state index is 11.7. The molecule has 0 aliphatic heterocycles. The van der Waals surface area contributed by atoms with Crippen LogP contribution in [0.5, 0.6) is 11.5 Å². The van der Waals surface area contributed by atoms with E-state index in [0.29, 0.717) is 11.7 Å². The molecule has 0 fully saturated rings. The maximum atomic E-state index is 11.7. The molecule has 0 aliphatic carbocycles. The second kappa shape index (κ2) is 11.7. The molecule has 5 heteroatoms. The number of hydrogen-bond donors (Lipinski definition) is 1. The van der Waals surface area contributed by atoms with E-state index >= 15 is 0 Å². The van der Waals surface area contributed by atoms with Crippen molar-refractivity contribution in [2.45, 2.75) is 78.9 Å². The van der Waals surface area contributed by atoms with Crippen molar-refractivity contribution in [3.8, 4) is 11.5 Å². The summed E-state index contributed by atoms with van der Waals surface area (Å²) in [6.07, 6.45) is 4.05. The van der Waals surface area contributed by atoms with Crippen molar-refractivity contribution in [3.63, 3.8) is 0 Å². The molecular weight excluding hydrogens is 342 g/mol. The molecule has 0 saturated heterocycles. The van der Waals surface area contributed by atoms with Crippen LogP contribution in [0.2, 0.25) is 0 Å². The summed E-state index contributed by atoms with van der Waals surface area (Å²) in [6.45, 7) is 12.9. The van der Waals surface area contributed by atoms with E-state index in [1.165, 1.54) is 25.7 Å². The molecule has 0 bridgehead atoms. The molecule has 5 nitrogen and oxygen atoms in total. The van der Waals surface area contributed by atoms with Gasteiger partial charge in [0.05, 0.1) is 6.61 Å². The van der Waals surface area contributed by atoms with E-state index in [2.05, 4.69) is 19.2 Å². The van der Waals surface area contributed by atoms with Crippen molar-refractivity contribution in [2.75, 3.05) is 13.2 Å². The highest BCUT2D eigenvalue weighted by molar-refractivity contribution is 5.68. The van der Waals surface area contributed by atoms with Gasteiger partial charge in [-0.1, -0.05) is 32.8 Å². The topological polar surface area (TPSA) is 56.8 Å². The summed E-state index contributed by atoms with van der Waals surface area (Å²) < 4.78 is 17.0. The summed E-state index contributed by atoms with van der Waals surface area (Å²) in [7, 11) is 0. The first-order valence-corrected chi connectivity index (χ1v) is 10.1. The molecule has 1 rings (SSSR count). The van der Waals surface area contributed by atoms with Gasteiger partial charge in [0.25, 0.3) is 0 Å². The normalized spacial score (nSPS) is 12.6. The van der Waals surface area contributed by atoms with Gasteiger partial charge in [-0.05, 0) is 58.6 Å². The number of rotatable bonds is 11. The van der Waals surface area contributed by atoms with E-state index in [1.54, 1.807) is 0 Å². The Morgan fingerprint density at radius 1 is 1.07 bits per heavy atom. The fraction of sp³-hybridized carbons (Fsp3) is 0.682. The first kappa shape index (κ1) is 23.1. The molecule has 1 aromatic carbocycles. The van der Waals surface area contributed by atoms with Gasteiger partial charge in [0.2, 0.25) is 0 Å². The lowest BCUT2D eigenvalue weighted by molar-refractivity contribution is 0.0856. The number of ether oxygens (including phenoxy) is 3. The standard InChI is InChI=1S/C22H37NO4/c1-7-10-18(11-8-2)16-25-19-12-9-13-20(14-19)27-17(3)15-26-21(24)23-22(4,5)6/h9,12-14,17-18H,7-8,10-11,15-16H2,1-6H3,(H,23,24)/t17-/m1/s1. The molecule has 1 N–H and O–H groups in total. The number of nitrogens with one attached hydrogen (secondary N) is 1. The molecule has 0 saturated carbocycles. The SMILES string of the molecule is CCCC(CCC)COc1cccc(O[C@H](C)COC(=O)NC(C)(C)C)c1. The van der Waals surface area contributed by atoms with Gasteiger partial charge in [-0.25, -0.2) is 4.79 Å². The van der Waals surface area contributed by atoms with Crippen molar-refractivity contribution in [1.82, 2.24) is 5.32 Å². The van der Waals surface area contributed by atoms with Crippen LogP contribution in [0.25, 0.3) is 0 Å². The molecule has 0 aromatic heterocycles. The van der Waals surface area contributed by atoms with Crippen LogP contribution in [0.4, 0.5) is 4.79 Å². The average molecular weight is 380 g/mol. The van der Waals surface area contributed by atoms with Gasteiger partial charge in [-0.3, -0.25) is 0 Å². The summed E-state index contributed by atoms with van der Waals surface area (Å²) >= 11 is 0. The summed E-state index contributed by atoms with van der Waals surface area (Å²) in [5, 5.41) is 2.76. The van der Waals surface area contributed by atoms with Gasteiger partial charge in [-0.15, -0.1) is 0 Å². The highest BCUT2D eigenvalue weighted by Crippen LogP contribution is 2.22. The summed E-state index contributed by atoms with van der Waals surface area (Å²) in [6, 6.07) is 7.63. The van der Waals surface area contributed by atoms with Crippen molar-refractivity contribution in [1.29, 1.82) is 0 Å². The largest absolute Gasteiger partial charge is 0.493 e. The van der Waals surface area contributed by atoms with Crippen LogP contribution < -0.4 is 14.8 Å². The van der Waals surface area contributed by atoms with Crippen molar-refractivity contribution < 1.29 is 19.0 Å². The zero-order chi connectivity index (χ0) is 20.3. The second-order valence-electron chi connectivity index (χ2n) is 8.13. The van der Waals surface area contributed by atoms with Crippen LogP contribution in [0, 0.1) is 5.92 Å². The summed E-state index contributed by atoms with van der Waals surface area (Å²) in [5.41, 5.74) is -0.319. The molecule has 27 heavy (non-hydrogen) atoms. The van der Waals surface area contributed by atoms with E-state index in [-0.39, 0.29) is 18.2 Å². The fourth-order valence-corrected chi connectivity index (χ4v) is 2.78. The minimum Gasteiger partial charge on any atom is -0.493 e. The first-order chi connectivity index (χ1) is 12.7. The Balaban J connectivity index is 2.47. The summed E-state index contributed by atoms with van der Waals surface area (Å²) in [5.74, 6) is 2.11. The Morgan fingerprint density at radius 3 is 2.30 bits per heavy atom. The average Bonchev–Trinajstić information content (AvgIpc) is 2.57. The predicted molar refractivity (Wildman–Crippen MR) is 110 cm³/mol. The van der Waals surface area contributed by atoms with Crippen LogP contribution in [0.1, 0.15) is 67.2 Å². The van der Waals surface area contributed by atoms with Crippen LogP contribution in [-0.4, -0.2) is 30.9 Å². The third kappa shape index (κ3) is 10.7. The highest BCUT2D eigenvalue weighted by Gasteiger charge is 2.16. The van der Waals surface area contributed by atoms with E-state index < -0.39 is 6.09 Å². The molecule has 1 atom stereocenters. The third-order valence-corrected chi connectivity index (χ3v) is 3.95. The van der Waals surface area contributed by atoms with Gasteiger partial charge in [0.15, 0.2) is 0 Å². The molecule has 0 aliphatic rings. The Hall–Kier alpha value is -1.91. The zero-order valence-electron chi connectivity index (χ0n) is 17.8. The lowest BCUT2D eigenvalue weighted by atomic mass is 9.99. The number of benzene rings is 1. The Bertz CT molecular complexity index is 547. The van der Waals surface area contributed by atoms with Crippen molar-refractivity contribution >= 4 is 6.09 Å². The van der Waals surface area contributed by atoms with Crippen LogP contribution >= 0.6 is 0 Å². The predicted octanol–water partition coefficient (Wildman–Crippen LogP) is 5.57. The molecule has 0 heterocycles. The number of hydrogen-bond acceptors (Lipinski definition) is 4. The van der Waals surface area contributed by atoms with Crippen LogP contribution in [0.15, 0.2) is 24.3 Å². The molecule has 154 valence electrons. The third-order valence-electron chi connectivity index (χ3n) is 3.95. The van der Waals surface area contributed by atoms with E-state index in [9.17, 15) is 4.79 Å². The lowest BCUT2D eigenvalue weighted by Gasteiger charge is -2.21. The Labute approximate surface area is 164 Å². The molecule has 0 unspecified atom stereocenters. The molecule has 0 radical (unpaired) electrons. The Kier molecular flexibility index (Phi) is 10.0. The van der Waals surface area contributed by atoms with Crippen molar-refractivity contribution in [3.05, 3.63) is 24.3 Å². The second-order valence-corrected chi connectivity index (χ2v) is 8.13. The zero-order valence-corrected chi connectivity index (χ0v) is 17.8. The minimum absolute atomic E-state index is 0.183. The number of carbonyl (C=O) groups is 1. The lowest BCUT2D eigenvalue weighted by Crippen LogP contribution is -2.41. The van der Waals surface area contributed by atoms with Gasteiger partial charge in [0, 0.05) is 11.6 Å². The molecular formula is C22H37NO4. The van der Waals surface area contributed by atoms with E-state index in [1.807, 2.05) is 52.0 Å². The minimum atomic E-state index is -0.437. The number of amides is 1. The smallest absolute Gasteiger partial charge is 0.407 e. The maximum Gasteiger partial charge on any atom is 0.407 e. The molecule has 1 amide bonds. The fourth-order valence-electron chi connectivity index (χ4n) is 2.78. The van der Waals surface area contributed by atoms with Gasteiger partial charge >= 0.3 is 6.09 Å². The number of carbonyl (C=O) groups excluding carboxylic acids is 1. The van der Waals surface area contributed by atoms with E-state index in [0.717, 1.165) is 12.4 Å². The van der Waals surface area contributed by atoms with E-state index in [4.69, 9.17) is 14.2 Å². The Morgan fingerprint density at radius 2 is 1.70 bits per heavy atom. The van der Waals surface area contributed by atoms with Gasteiger partial charge < -0.3 is 19.5 Å². The molecule has 0 spiro atoms.